The third kappa shape index (κ3) is 2.65. The van der Waals surface area contributed by atoms with E-state index in [-0.39, 0.29) is 11.0 Å². The number of fused-ring (bicyclic) bond motifs is 2. The van der Waals surface area contributed by atoms with E-state index in [1.54, 1.807) is 5.57 Å². The largest absolute Gasteiger partial charge is 0.378 e. The number of hydrogen-bond donors (Lipinski definition) is 0. The van der Waals surface area contributed by atoms with E-state index in [1.807, 2.05) is 13.2 Å². The fourth-order valence-electron chi connectivity index (χ4n) is 3.88. The van der Waals surface area contributed by atoms with Crippen LogP contribution in [-0.4, -0.2) is 12.7 Å². The highest BCUT2D eigenvalue weighted by molar-refractivity contribution is 5.38. The van der Waals surface area contributed by atoms with Crippen molar-refractivity contribution in [3.8, 4) is 0 Å². The topological polar surface area (TPSA) is 9.23 Å². The maximum Gasteiger partial charge on any atom is 0.0750 e. The Morgan fingerprint density at radius 3 is 2.65 bits per heavy atom. The summed E-state index contributed by atoms with van der Waals surface area (Å²) in [5.74, 6) is 1.12. The lowest BCUT2D eigenvalue weighted by Gasteiger charge is -2.37. The van der Waals surface area contributed by atoms with Crippen LogP contribution in [0.1, 0.15) is 53.4 Å². The van der Waals surface area contributed by atoms with Crippen LogP contribution >= 0.6 is 0 Å². The highest BCUT2D eigenvalue weighted by Gasteiger charge is 2.45. The molecule has 0 aromatic rings. The summed E-state index contributed by atoms with van der Waals surface area (Å²) < 4.78 is 5.94. The van der Waals surface area contributed by atoms with E-state index in [0.717, 1.165) is 12.8 Å². The molecule has 0 saturated heterocycles. The normalized spacial score (nSPS) is 36.6. The summed E-state index contributed by atoms with van der Waals surface area (Å²) in [4.78, 5) is 0. The average Bonchev–Trinajstić information content (AvgIpc) is 2.55. The predicted molar refractivity (Wildman–Crippen MR) is 86.7 cm³/mol. The van der Waals surface area contributed by atoms with Crippen LogP contribution in [0, 0.1) is 17.3 Å². The Kier molecular flexibility index (Phi) is 4.30. The van der Waals surface area contributed by atoms with Crippen molar-refractivity contribution < 1.29 is 4.74 Å². The summed E-state index contributed by atoms with van der Waals surface area (Å²) in [6.45, 7) is 13.2. The van der Waals surface area contributed by atoms with Crippen molar-refractivity contribution in [2.24, 2.45) is 17.3 Å². The molecule has 3 rings (SSSR count). The summed E-state index contributed by atoms with van der Waals surface area (Å²) >= 11 is 0. The van der Waals surface area contributed by atoms with E-state index < -0.39 is 0 Å². The Labute approximate surface area is 124 Å². The van der Waals surface area contributed by atoms with Gasteiger partial charge in [-0.3, -0.25) is 0 Å². The molecule has 0 aliphatic heterocycles. The maximum absolute atomic E-state index is 5.94. The first-order chi connectivity index (χ1) is 9.34. The van der Waals surface area contributed by atoms with Gasteiger partial charge in [0.15, 0.2) is 0 Å². The highest BCUT2D eigenvalue weighted by Crippen LogP contribution is 2.53. The lowest BCUT2D eigenvalue weighted by molar-refractivity contribution is -0.0248. The molecule has 3 unspecified atom stereocenters. The number of rotatable bonds is 5. The Morgan fingerprint density at radius 1 is 1.40 bits per heavy atom. The van der Waals surface area contributed by atoms with Crippen LogP contribution in [0.5, 0.6) is 0 Å². The van der Waals surface area contributed by atoms with Gasteiger partial charge in [-0.25, -0.2) is 0 Å². The molecule has 0 aromatic heterocycles. The molecule has 2 bridgehead atoms. The van der Waals surface area contributed by atoms with E-state index in [0.29, 0.717) is 11.8 Å². The molecule has 3 aliphatic rings. The van der Waals surface area contributed by atoms with Gasteiger partial charge in [-0.15, -0.1) is 6.58 Å². The van der Waals surface area contributed by atoms with Gasteiger partial charge < -0.3 is 4.74 Å². The van der Waals surface area contributed by atoms with Crippen LogP contribution in [-0.2, 0) is 4.74 Å². The van der Waals surface area contributed by atoms with Crippen molar-refractivity contribution in [3.05, 3.63) is 36.0 Å². The Morgan fingerprint density at radius 2 is 2.10 bits per heavy atom. The summed E-state index contributed by atoms with van der Waals surface area (Å²) in [5, 5.41) is 0. The molecular formula is C19H30O. The minimum Gasteiger partial charge on any atom is -0.378 e. The van der Waals surface area contributed by atoms with Crippen molar-refractivity contribution >= 4 is 0 Å². The van der Waals surface area contributed by atoms with Gasteiger partial charge in [0, 0.05) is 18.4 Å². The van der Waals surface area contributed by atoms with Crippen molar-refractivity contribution in [3.63, 3.8) is 0 Å². The van der Waals surface area contributed by atoms with Crippen LogP contribution in [0.15, 0.2) is 36.0 Å². The number of ether oxygens (including phenoxy) is 1. The molecule has 0 N–H and O–H groups in total. The van der Waals surface area contributed by atoms with Gasteiger partial charge in [-0.2, -0.15) is 0 Å². The molecule has 1 heteroatoms. The molecule has 1 nitrogen and oxygen atoms in total. The van der Waals surface area contributed by atoms with Gasteiger partial charge in [0.05, 0.1) is 5.60 Å². The summed E-state index contributed by atoms with van der Waals surface area (Å²) in [5.41, 5.74) is 3.27. The summed E-state index contributed by atoms with van der Waals surface area (Å²) in [6, 6.07) is 0. The van der Waals surface area contributed by atoms with Gasteiger partial charge in [0.25, 0.3) is 0 Å². The van der Waals surface area contributed by atoms with E-state index in [4.69, 9.17) is 4.74 Å². The number of allylic oxidation sites excluding steroid dienone is 3. The zero-order valence-corrected chi connectivity index (χ0v) is 13.8. The quantitative estimate of drug-likeness (QED) is 0.618. The molecule has 20 heavy (non-hydrogen) atoms. The third-order valence-corrected chi connectivity index (χ3v) is 5.28. The maximum atomic E-state index is 5.94. The van der Waals surface area contributed by atoms with Crippen molar-refractivity contribution in [2.45, 2.75) is 59.0 Å². The molecule has 0 heterocycles. The smallest absolute Gasteiger partial charge is 0.0750 e. The fraction of sp³-hybridized carbons (Fsp3) is 0.684. The van der Waals surface area contributed by atoms with Gasteiger partial charge in [0.1, 0.15) is 0 Å². The molecule has 112 valence electrons. The van der Waals surface area contributed by atoms with Crippen LogP contribution in [0.2, 0.25) is 0 Å². The Bertz CT molecular complexity index is 443. The second-order valence-electron chi connectivity index (χ2n) is 7.41. The second-order valence-corrected chi connectivity index (χ2v) is 7.41. The Balaban J connectivity index is 2.45. The lowest BCUT2D eigenvalue weighted by atomic mass is 9.70. The first-order valence-corrected chi connectivity index (χ1v) is 7.93. The van der Waals surface area contributed by atoms with Crippen molar-refractivity contribution in [2.75, 3.05) is 7.11 Å². The second kappa shape index (κ2) is 5.52. The highest BCUT2D eigenvalue weighted by atomic mass is 16.5. The van der Waals surface area contributed by atoms with Gasteiger partial charge >= 0.3 is 0 Å². The van der Waals surface area contributed by atoms with E-state index in [1.165, 1.54) is 18.4 Å². The standard InChI is InChI=1S/C19H30O/c1-7-8-15-13-18(4)9-10-19(5,20-6)17(15)12-16(18)11-14(2)3/h7,12-14,17H,1,8-11H2,2-6H3. The van der Waals surface area contributed by atoms with E-state index >= 15 is 0 Å². The lowest BCUT2D eigenvalue weighted by Crippen LogP contribution is -2.36. The van der Waals surface area contributed by atoms with E-state index in [2.05, 4.69) is 46.4 Å². The number of methoxy groups -OCH3 is 1. The molecule has 0 aromatic carbocycles. The predicted octanol–water partition coefficient (Wildman–Crippen LogP) is 5.30. The first kappa shape index (κ1) is 15.6. The minimum atomic E-state index is -0.0642. The SMILES string of the molecule is C=CCC1=CC2(C)CCC(C)(OC)C1C=C2CC(C)C. The van der Waals surface area contributed by atoms with Crippen LogP contribution < -0.4 is 0 Å². The summed E-state index contributed by atoms with van der Waals surface area (Å²) in [6.07, 6.45) is 11.6. The zero-order chi connectivity index (χ0) is 15.0. The monoisotopic (exact) mass is 274 g/mol. The molecule has 0 radical (unpaired) electrons. The van der Waals surface area contributed by atoms with Crippen LogP contribution in [0.4, 0.5) is 0 Å². The molecular weight excluding hydrogens is 244 g/mol. The zero-order valence-electron chi connectivity index (χ0n) is 13.8. The molecule has 0 saturated carbocycles. The third-order valence-electron chi connectivity index (χ3n) is 5.28. The number of hydrogen-bond acceptors (Lipinski definition) is 1. The molecule has 3 aliphatic carbocycles. The fourth-order valence-corrected chi connectivity index (χ4v) is 3.88. The van der Waals surface area contributed by atoms with Gasteiger partial charge in [0.2, 0.25) is 0 Å². The van der Waals surface area contributed by atoms with Gasteiger partial charge in [-0.05, 0) is 38.5 Å². The van der Waals surface area contributed by atoms with Crippen molar-refractivity contribution in [1.29, 1.82) is 0 Å². The van der Waals surface area contributed by atoms with Crippen molar-refractivity contribution in [1.82, 2.24) is 0 Å². The van der Waals surface area contributed by atoms with Crippen LogP contribution in [0.3, 0.4) is 0 Å². The molecule has 0 fully saturated rings. The van der Waals surface area contributed by atoms with E-state index in [9.17, 15) is 0 Å². The molecule has 0 amide bonds. The molecule has 0 spiro atoms. The average molecular weight is 274 g/mol. The first-order valence-electron chi connectivity index (χ1n) is 7.93. The summed E-state index contributed by atoms with van der Waals surface area (Å²) in [7, 11) is 1.86. The van der Waals surface area contributed by atoms with Crippen LogP contribution in [0.25, 0.3) is 0 Å². The van der Waals surface area contributed by atoms with Gasteiger partial charge in [-0.1, -0.05) is 50.1 Å². The molecule has 3 atom stereocenters. The Hall–Kier alpha value is -0.820. The minimum absolute atomic E-state index is 0.0642.